The van der Waals surface area contributed by atoms with E-state index in [4.69, 9.17) is 0 Å². The van der Waals surface area contributed by atoms with Crippen LogP contribution < -0.4 is 10.6 Å². The standard InChI is InChI=1S/C14H23N3O/c1-17-10-6-7-12(17)11-16-14(18)13-8-4-2-3-5-9-15-13/h6-7,10,13,15H,2-5,8-9,11H2,1H3,(H,16,18). The average molecular weight is 249 g/mol. The molecule has 2 rings (SSSR count). The van der Waals surface area contributed by atoms with Crippen LogP contribution in [0.25, 0.3) is 0 Å². The van der Waals surface area contributed by atoms with Gasteiger partial charge in [-0.1, -0.05) is 19.3 Å². The summed E-state index contributed by atoms with van der Waals surface area (Å²) in [6.45, 7) is 1.57. The number of amides is 1. The molecule has 1 fully saturated rings. The van der Waals surface area contributed by atoms with Gasteiger partial charge in [-0.3, -0.25) is 4.79 Å². The molecule has 1 aromatic rings. The Labute approximate surface area is 109 Å². The first kappa shape index (κ1) is 13.1. The van der Waals surface area contributed by atoms with Crippen molar-refractivity contribution in [1.82, 2.24) is 15.2 Å². The zero-order chi connectivity index (χ0) is 12.8. The number of nitrogens with one attached hydrogen (secondary N) is 2. The minimum atomic E-state index is -0.00873. The third kappa shape index (κ3) is 3.60. The Hall–Kier alpha value is -1.29. The van der Waals surface area contributed by atoms with E-state index < -0.39 is 0 Å². The largest absolute Gasteiger partial charge is 0.353 e. The Balaban J connectivity index is 1.81. The van der Waals surface area contributed by atoms with E-state index in [9.17, 15) is 4.79 Å². The Morgan fingerprint density at radius 2 is 2.28 bits per heavy atom. The van der Waals surface area contributed by atoms with Gasteiger partial charge in [-0.2, -0.15) is 0 Å². The highest BCUT2D eigenvalue weighted by Crippen LogP contribution is 2.09. The van der Waals surface area contributed by atoms with Crippen molar-refractivity contribution in [3.05, 3.63) is 24.0 Å². The fourth-order valence-electron chi connectivity index (χ4n) is 2.41. The lowest BCUT2D eigenvalue weighted by Gasteiger charge is -2.20. The Morgan fingerprint density at radius 3 is 3.06 bits per heavy atom. The van der Waals surface area contributed by atoms with Crippen LogP contribution in [0.5, 0.6) is 0 Å². The predicted molar refractivity (Wildman–Crippen MR) is 72.1 cm³/mol. The van der Waals surface area contributed by atoms with E-state index in [1.54, 1.807) is 0 Å². The van der Waals surface area contributed by atoms with Crippen molar-refractivity contribution < 1.29 is 4.79 Å². The van der Waals surface area contributed by atoms with E-state index in [2.05, 4.69) is 10.6 Å². The van der Waals surface area contributed by atoms with Gasteiger partial charge in [0, 0.05) is 18.9 Å². The summed E-state index contributed by atoms with van der Waals surface area (Å²) in [6.07, 6.45) is 7.82. The number of hydrogen-bond acceptors (Lipinski definition) is 2. The lowest BCUT2D eigenvalue weighted by atomic mass is 10.0. The molecule has 2 heterocycles. The zero-order valence-electron chi connectivity index (χ0n) is 11.1. The summed E-state index contributed by atoms with van der Waals surface area (Å²) in [5, 5.41) is 6.37. The van der Waals surface area contributed by atoms with Crippen LogP contribution in [0.1, 0.15) is 37.8 Å². The van der Waals surface area contributed by atoms with Crippen molar-refractivity contribution in [2.24, 2.45) is 7.05 Å². The van der Waals surface area contributed by atoms with Crippen molar-refractivity contribution >= 4 is 5.91 Å². The second-order valence-corrected chi connectivity index (χ2v) is 5.04. The quantitative estimate of drug-likeness (QED) is 0.854. The summed E-state index contributed by atoms with van der Waals surface area (Å²) in [5.41, 5.74) is 1.13. The molecule has 1 atom stereocenters. The average Bonchev–Trinajstić information content (AvgIpc) is 2.71. The molecule has 1 amide bonds. The van der Waals surface area contributed by atoms with E-state index in [1.807, 2.05) is 29.9 Å². The molecule has 100 valence electrons. The van der Waals surface area contributed by atoms with Gasteiger partial charge in [0.25, 0.3) is 0 Å². The summed E-state index contributed by atoms with van der Waals surface area (Å²) in [6, 6.07) is 4.02. The maximum Gasteiger partial charge on any atom is 0.237 e. The molecular weight excluding hydrogens is 226 g/mol. The first-order valence-corrected chi connectivity index (χ1v) is 6.88. The smallest absolute Gasteiger partial charge is 0.237 e. The summed E-state index contributed by atoms with van der Waals surface area (Å²) in [7, 11) is 2.00. The fraction of sp³-hybridized carbons (Fsp3) is 0.643. The van der Waals surface area contributed by atoms with Crippen LogP contribution in [0.3, 0.4) is 0 Å². The third-order valence-electron chi connectivity index (χ3n) is 3.62. The maximum absolute atomic E-state index is 12.1. The molecule has 0 saturated carbocycles. The van der Waals surface area contributed by atoms with E-state index in [1.165, 1.54) is 19.3 Å². The maximum atomic E-state index is 12.1. The molecule has 0 aromatic carbocycles. The minimum absolute atomic E-state index is 0.00873. The van der Waals surface area contributed by atoms with Crippen molar-refractivity contribution in [3.8, 4) is 0 Å². The lowest BCUT2D eigenvalue weighted by Crippen LogP contribution is -2.44. The Morgan fingerprint density at radius 1 is 1.44 bits per heavy atom. The molecule has 0 spiro atoms. The van der Waals surface area contributed by atoms with Gasteiger partial charge in [-0.05, 0) is 31.5 Å². The van der Waals surface area contributed by atoms with Crippen LogP contribution in [0.4, 0.5) is 0 Å². The van der Waals surface area contributed by atoms with E-state index >= 15 is 0 Å². The predicted octanol–water partition coefficient (Wildman–Crippen LogP) is 1.56. The molecule has 4 nitrogen and oxygen atoms in total. The molecule has 0 bridgehead atoms. The SMILES string of the molecule is Cn1cccc1CNC(=O)C1CCCCCCN1. The summed E-state index contributed by atoms with van der Waals surface area (Å²) in [5.74, 6) is 0.137. The third-order valence-corrected chi connectivity index (χ3v) is 3.62. The van der Waals surface area contributed by atoms with Gasteiger partial charge in [0.2, 0.25) is 5.91 Å². The molecule has 1 saturated heterocycles. The number of nitrogens with zero attached hydrogens (tertiary/aromatic N) is 1. The number of carbonyl (C=O) groups excluding carboxylic acids is 1. The number of rotatable bonds is 3. The number of hydrogen-bond donors (Lipinski definition) is 2. The monoisotopic (exact) mass is 249 g/mol. The van der Waals surface area contributed by atoms with Gasteiger partial charge in [0.05, 0.1) is 12.6 Å². The molecule has 1 aliphatic rings. The topological polar surface area (TPSA) is 46.1 Å². The van der Waals surface area contributed by atoms with Gasteiger partial charge < -0.3 is 15.2 Å². The first-order chi connectivity index (χ1) is 8.77. The molecular formula is C14H23N3O. The van der Waals surface area contributed by atoms with E-state index in [-0.39, 0.29) is 11.9 Å². The highest BCUT2D eigenvalue weighted by molar-refractivity contribution is 5.81. The van der Waals surface area contributed by atoms with Crippen LogP contribution in [0.2, 0.25) is 0 Å². The van der Waals surface area contributed by atoms with Crippen LogP contribution in [0.15, 0.2) is 18.3 Å². The fourth-order valence-corrected chi connectivity index (χ4v) is 2.41. The summed E-state index contributed by atoms with van der Waals surface area (Å²) in [4.78, 5) is 12.1. The molecule has 1 unspecified atom stereocenters. The van der Waals surface area contributed by atoms with Gasteiger partial charge in [-0.15, -0.1) is 0 Å². The molecule has 1 aliphatic heterocycles. The number of aryl methyl sites for hydroxylation is 1. The number of aromatic nitrogens is 1. The Bertz CT molecular complexity index is 378. The van der Waals surface area contributed by atoms with Gasteiger partial charge >= 0.3 is 0 Å². The Kier molecular flexibility index (Phi) is 4.81. The van der Waals surface area contributed by atoms with Gasteiger partial charge in [0.1, 0.15) is 0 Å². The minimum Gasteiger partial charge on any atom is -0.353 e. The highest BCUT2D eigenvalue weighted by Gasteiger charge is 2.18. The van der Waals surface area contributed by atoms with Gasteiger partial charge in [-0.25, -0.2) is 0 Å². The van der Waals surface area contributed by atoms with E-state index in [0.717, 1.165) is 25.1 Å². The summed E-state index contributed by atoms with van der Waals surface area (Å²) < 4.78 is 2.03. The molecule has 1 aromatic heterocycles. The van der Waals surface area contributed by atoms with Gasteiger partial charge in [0.15, 0.2) is 0 Å². The second kappa shape index (κ2) is 6.59. The molecule has 0 aliphatic carbocycles. The molecule has 4 heteroatoms. The molecule has 0 radical (unpaired) electrons. The molecule has 2 N–H and O–H groups in total. The zero-order valence-corrected chi connectivity index (χ0v) is 11.1. The highest BCUT2D eigenvalue weighted by atomic mass is 16.2. The van der Waals surface area contributed by atoms with Crippen molar-refractivity contribution in [2.45, 2.75) is 44.7 Å². The van der Waals surface area contributed by atoms with Crippen LogP contribution in [0, 0.1) is 0 Å². The van der Waals surface area contributed by atoms with Crippen LogP contribution in [-0.4, -0.2) is 23.1 Å². The van der Waals surface area contributed by atoms with Crippen molar-refractivity contribution in [3.63, 3.8) is 0 Å². The molecule has 18 heavy (non-hydrogen) atoms. The normalized spacial score (nSPS) is 21.1. The lowest BCUT2D eigenvalue weighted by molar-refractivity contribution is -0.123. The van der Waals surface area contributed by atoms with Crippen LogP contribution in [-0.2, 0) is 18.4 Å². The van der Waals surface area contributed by atoms with Crippen molar-refractivity contribution in [2.75, 3.05) is 6.54 Å². The summed E-state index contributed by atoms with van der Waals surface area (Å²) >= 11 is 0. The van der Waals surface area contributed by atoms with Crippen molar-refractivity contribution in [1.29, 1.82) is 0 Å². The van der Waals surface area contributed by atoms with Crippen LogP contribution >= 0.6 is 0 Å². The number of carbonyl (C=O) groups is 1. The second-order valence-electron chi connectivity index (χ2n) is 5.04. The first-order valence-electron chi connectivity index (χ1n) is 6.88. The van der Waals surface area contributed by atoms with E-state index in [0.29, 0.717) is 6.54 Å².